The summed E-state index contributed by atoms with van der Waals surface area (Å²) in [6.45, 7) is 14.1. The third kappa shape index (κ3) is 3.44. The molecule has 0 atom stereocenters. The molecule has 0 saturated carbocycles. The molecule has 0 radical (unpaired) electrons. The molecule has 1 spiro atoms. The number of ether oxygens (including phenoxy) is 1. The summed E-state index contributed by atoms with van der Waals surface area (Å²) in [6.07, 6.45) is 2.63. The van der Waals surface area contributed by atoms with Crippen LogP contribution < -0.4 is 4.90 Å². The highest BCUT2D eigenvalue weighted by molar-refractivity contribution is 5.44. The lowest BCUT2D eigenvalue weighted by molar-refractivity contribution is -0.127. The molecule has 4 heteroatoms. The third-order valence-electron chi connectivity index (χ3n) is 3.26. The molecular weight excluding hydrogens is 238 g/mol. The van der Waals surface area contributed by atoms with Crippen LogP contribution in [0.15, 0.2) is 12.4 Å². The lowest BCUT2D eigenvalue weighted by Crippen LogP contribution is -2.66. The SMILES string of the molecule is CC.CC.CCc1cc(N2CC3(COC3)C2)ncn1. The summed E-state index contributed by atoms with van der Waals surface area (Å²) in [7, 11) is 0. The molecule has 0 unspecified atom stereocenters. The molecule has 0 aliphatic carbocycles. The Morgan fingerprint density at radius 1 is 1.16 bits per heavy atom. The first-order valence-corrected chi connectivity index (χ1v) is 7.45. The van der Waals surface area contributed by atoms with Gasteiger partial charge in [-0.3, -0.25) is 0 Å². The normalized spacial score (nSPS) is 18.3. The average Bonchev–Trinajstić information content (AvgIpc) is 2.40. The predicted octanol–water partition coefficient (Wildman–Crippen LogP) is 2.93. The largest absolute Gasteiger partial charge is 0.380 e. The van der Waals surface area contributed by atoms with Crippen LogP contribution in [0.5, 0.6) is 0 Å². The van der Waals surface area contributed by atoms with Gasteiger partial charge >= 0.3 is 0 Å². The predicted molar refractivity (Wildman–Crippen MR) is 79.6 cm³/mol. The van der Waals surface area contributed by atoms with E-state index in [1.54, 1.807) is 6.33 Å². The molecular formula is C15H27N3O. The average molecular weight is 265 g/mol. The van der Waals surface area contributed by atoms with Gasteiger partial charge < -0.3 is 9.64 Å². The second-order valence-corrected chi connectivity index (χ2v) is 4.57. The van der Waals surface area contributed by atoms with E-state index in [0.29, 0.717) is 5.41 Å². The van der Waals surface area contributed by atoms with Crippen LogP contribution in [-0.2, 0) is 11.2 Å². The van der Waals surface area contributed by atoms with Gasteiger partial charge in [0.05, 0.1) is 18.6 Å². The summed E-state index contributed by atoms with van der Waals surface area (Å²) in [5.74, 6) is 1.07. The maximum absolute atomic E-state index is 5.25. The van der Waals surface area contributed by atoms with Crippen molar-refractivity contribution in [3.8, 4) is 0 Å². The molecule has 4 nitrogen and oxygen atoms in total. The minimum Gasteiger partial charge on any atom is -0.380 e. The highest BCUT2D eigenvalue weighted by Crippen LogP contribution is 2.39. The fourth-order valence-electron chi connectivity index (χ4n) is 2.25. The number of anilines is 1. The van der Waals surface area contributed by atoms with E-state index in [1.807, 2.05) is 27.7 Å². The molecule has 2 aliphatic heterocycles. The zero-order chi connectivity index (χ0) is 14.3. The van der Waals surface area contributed by atoms with Gasteiger partial charge in [-0.25, -0.2) is 9.97 Å². The minimum atomic E-state index is 0.456. The Kier molecular flexibility index (Phi) is 6.22. The molecule has 1 aromatic heterocycles. The number of aryl methyl sites for hydroxylation is 1. The van der Waals surface area contributed by atoms with Gasteiger partial charge in [-0.15, -0.1) is 0 Å². The molecule has 2 fully saturated rings. The first kappa shape index (κ1) is 15.9. The highest BCUT2D eigenvalue weighted by Gasteiger charge is 2.49. The van der Waals surface area contributed by atoms with Crippen LogP contribution in [-0.4, -0.2) is 36.3 Å². The standard InChI is InChI=1S/C11H15N3O.2C2H6/c1-2-9-3-10(13-8-12-9)14-4-11(5-14)6-15-7-11;2*1-2/h3,8H,2,4-7H2,1H3;2*1-2H3. The molecule has 3 rings (SSSR count). The van der Waals surface area contributed by atoms with Crippen LogP contribution in [0.25, 0.3) is 0 Å². The fraction of sp³-hybridized carbons (Fsp3) is 0.733. The lowest BCUT2D eigenvalue weighted by Gasteiger charge is -2.55. The minimum absolute atomic E-state index is 0.456. The molecule has 0 N–H and O–H groups in total. The topological polar surface area (TPSA) is 38.2 Å². The summed E-state index contributed by atoms with van der Waals surface area (Å²) in [5.41, 5.74) is 1.57. The van der Waals surface area contributed by atoms with Crippen molar-refractivity contribution in [1.29, 1.82) is 0 Å². The summed E-state index contributed by atoms with van der Waals surface area (Å²) >= 11 is 0. The Hall–Kier alpha value is -1.16. The molecule has 3 heterocycles. The Bertz CT molecular complexity index is 369. The van der Waals surface area contributed by atoms with Gasteiger partial charge in [0.2, 0.25) is 0 Å². The van der Waals surface area contributed by atoms with E-state index >= 15 is 0 Å². The van der Waals surface area contributed by atoms with Gasteiger partial charge in [-0.05, 0) is 6.42 Å². The summed E-state index contributed by atoms with van der Waals surface area (Å²) < 4.78 is 5.25. The Morgan fingerprint density at radius 2 is 1.79 bits per heavy atom. The van der Waals surface area contributed by atoms with E-state index in [9.17, 15) is 0 Å². The Labute approximate surface area is 117 Å². The van der Waals surface area contributed by atoms with E-state index in [1.165, 1.54) is 0 Å². The first-order valence-electron chi connectivity index (χ1n) is 7.45. The number of aromatic nitrogens is 2. The second kappa shape index (κ2) is 7.43. The molecule has 19 heavy (non-hydrogen) atoms. The van der Waals surface area contributed by atoms with Crippen molar-refractivity contribution >= 4 is 5.82 Å². The smallest absolute Gasteiger partial charge is 0.132 e. The Morgan fingerprint density at radius 3 is 2.26 bits per heavy atom. The van der Waals surface area contributed by atoms with Crippen LogP contribution >= 0.6 is 0 Å². The fourth-order valence-corrected chi connectivity index (χ4v) is 2.25. The molecule has 1 aromatic rings. The maximum Gasteiger partial charge on any atom is 0.132 e. The summed E-state index contributed by atoms with van der Waals surface area (Å²) in [6, 6.07) is 2.09. The van der Waals surface area contributed by atoms with Crippen molar-refractivity contribution < 1.29 is 4.74 Å². The van der Waals surface area contributed by atoms with E-state index in [4.69, 9.17) is 4.74 Å². The summed E-state index contributed by atoms with van der Waals surface area (Å²) in [4.78, 5) is 10.8. The molecule has 0 aromatic carbocycles. The zero-order valence-electron chi connectivity index (χ0n) is 12.9. The van der Waals surface area contributed by atoms with Crippen LogP contribution in [0.1, 0.15) is 40.3 Å². The van der Waals surface area contributed by atoms with Crippen molar-refractivity contribution in [2.24, 2.45) is 5.41 Å². The van der Waals surface area contributed by atoms with Gasteiger partial charge in [0.1, 0.15) is 12.1 Å². The van der Waals surface area contributed by atoms with Crippen molar-refractivity contribution in [3.05, 3.63) is 18.1 Å². The van der Waals surface area contributed by atoms with Crippen molar-refractivity contribution in [2.75, 3.05) is 31.2 Å². The van der Waals surface area contributed by atoms with Gasteiger partial charge in [0, 0.05) is 24.8 Å². The van der Waals surface area contributed by atoms with Gasteiger partial charge in [0.15, 0.2) is 0 Å². The third-order valence-corrected chi connectivity index (χ3v) is 3.26. The number of nitrogens with zero attached hydrogens (tertiary/aromatic N) is 3. The second-order valence-electron chi connectivity index (χ2n) is 4.57. The van der Waals surface area contributed by atoms with Gasteiger partial charge in [-0.1, -0.05) is 34.6 Å². The van der Waals surface area contributed by atoms with Crippen molar-refractivity contribution in [1.82, 2.24) is 9.97 Å². The molecule has 2 saturated heterocycles. The molecule has 108 valence electrons. The van der Waals surface area contributed by atoms with E-state index < -0.39 is 0 Å². The van der Waals surface area contributed by atoms with Crippen LogP contribution in [0.4, 0.5) is 5.82 Å². The Balaban J connectivity index is 0.000000415. The highest BCUT2D eigenvalue weighted by atomic mass is 16.5. The molecule has 2 aliphatic rings. The first-order chi connectivity index (χ1) is 9.31. The maximum atomic E-state index is 5.25. The van der Waals surface area contributed by atoms with E-state index in [2.05, 4.69) is 27.9 Å². The number of rotatable bonds is 2. The van der Waals surface area contributed by atoms with Crippen LogP contribution in [0, 0.1) is 5.41 Å². The van der Waals surface area contributed by atoms with Crippen molar-refractivity contribution in [2.45, 2.75) is 41.0 Å². The molecule has 0 bridgehead atoms. The summed E-state index contributed by atoms with van der Waals surface area (Å²) in [5, 5.41) is 0. The molecule has 0 amide bonds. The monoisotopic (exact) mass is 265 g/mol. The quantitative estimate of drug-likeness (QED) is 0.824. The van der Waals surface area contributed by atoms with E-state index in [0.717, 1.165) is 44.2 Å². The van der Waals surface area contributed by atoms with Crippen LogP contribution in [0.3, 0.4) is 0 Å². The lowest BCUT2D eigenvalue weighted by atomic mass is 9.78. The van der Waals surface area contributed by atoms with E-state index in [-0.39, 0.29) is 0 Å². The van der Waals surface area contributed by atoms with Gasteiger partial charge in [0.25, 0.3) is 0 Å². The van der Waals surface area contributed by atoms with Gasteiger partial charge in [-0.2, -0.15) is 0 Å². The zero-order valence-corrected chi connectivity index (χ0v) is 12.9. The number of hydrogen-bond donors (Lipinski definition) is 0. The van der Waals surface area contributed by atoms with Crippen molar-refractivity contribution in [3.63, 3.8) is 0 Å². The number of hydrogen-bond acceptors (Lipinski definition) is 4. The van der Waals surface area contributed by atoms with Crippen LogP contribution in [0.2, 0.25) is 0 Å².